The number of unbranched alkanes of at least 4 members (excludes halogenated alkanes) is 8. The Morgan fingerprint density at radius 1 is 0.905 bits per heavy atom. The van der Waals surface area contributed by atoms with Gasteiger partial charge in [0.05, 0.1) is 12.5 Å². The highest BCUT2D eigenvalue weighted by atomic mass is 16.5. The van der Waals surface area contributed by atoms with E-state index in [1.54, 1.807) is 0 Å². The van der Waals surface area contributed by atoms with Crippen LogP contribution in [0.25, 0.3) is 0 Å². The van der Waals surface area contributed by atoms with Crippen molar-refractivity contribution in [2.24, 2.45) is 5.92 Å². The molecule has 124 valence electrons. The average molecular weight is 296 g/mol. The number of rotatable bonds is 14. The van der Waals surface area contributed by atoms with Crippen LogP contribution in [-0.2, 0) is 9.53 Å². The van der Waals surface area contributed by atoms with Gasteiger partial charge in [-0.05, 0) is 39.0 Å². The minimum absolute atomic E-state index is 0.0384. The smallest absolute Gasteiger partial charge is 0.308 e. The largest absolute Gasteiger partial charge is 0.466 e. The van der Waals surface area contributed by atoms with E-state index in [1.165, 1.54) is 57.8 Å². The third-order valence-corrected chi connectivity index (χ3v) is 3.84. The predicted octanol–water partition coefficient (Wildman–Crippen LogP) is 6.05. The van der Waals surface area contributed by atoms with E-state index in [-0.39, 0.29) is 11.9 Å². The zero-order chi connectivity index (χ0) is 15.8. The molecule has 2 heteroatoms. The van der Waals surface area contributed by atoms with Gasteiger partial charge in [0, 0.05) is 0 Å². The van der Waals surface area contributed by atoms with Gasteiger partial charge in [0.1, 0.15) is 0 Å². The summed E-state index contributed by atoms with van der Waals surface area (Å²) in [6.07, 6.45) is 18.4. The molecule has 0 N–H and O–H groups in total. The lowest BCUT2D eigenvalue weighted by atomic mass is 10.0. The molecule has 0 aromatic heterocycles. The van der Waals surface area contributed by atoms with Crippen molar-refractivity contribution in [1.82, 2.24) is 0 Å². The van der Waals surface area contributed by atoms with Gasteiger partial charge in [0.25, 0.3) is 0 Å². The van der Waals surface area contributed by atoms with Crippen molar-refractivity contribution < 1.29 is 9.53 Å². The fraction of sp³-hybridized carbons (Fsp3) is 0.842. The summed E-state index contributed by atoms with van der Waals surface area (Å²) in [4.78, 5) is 11.4. The maximum absolute atomic E-state index is 11.4. The lowest BCUT2D eigenvalue weighted by Crippen LogP contribution is -2.14. The summed E-state index contributed by atoms with van der Waals surface area (Å²) in [6, 6.07) is 0. The van der Waals surface area contributed by atoms with E-state index in [2.05, 4.69) is 19.1 Å². The second-order valence-corrected chi connectivity index (χ2v) is 5.97. The molecule has 0 bridgehead atoms. The summed E-state index contributed by atoms with van der Waals surface area (Å²) < 4.78 is 5.01. The number of ether oxygens (including phenoxy) is 1. The fourth-order valence-electron chi connectivity index (χ4n) is 2.39. The summed E-state index contributed by atoms with van der Waals surface area (Å²) in [5, 5.41) is 0. The minimum atomic E-state index is -0.0384. The van der Waals surface area contributed by atoms with Crippen LogP contribution in [0.15, 0.2) is 12.2 Å². The van der Waals surface area contributed by atoms with Crippen LogP contribution in [0.2, 0.25) is 0 Å². The number of esters is 1. The van der Waals surface area contributed by atoms with Gasteiger partial charge in [-0.15, -0.1) is 0 Å². The molecule has 0 amide bonds. The molecule has 21 heavy (non-hydrogen) atoms. The molecule has 0 aliphatic carbocycles. The maximum atomic E-state index is 11.4. The topological polar surface area (TPSA) is 26.3 Å². The van der Waals surface area contributed by atoms with Crippen LogP contribution >= 0.6 is 0 Å². The van der Waals surface area contributed by atoms with Crippen LogP contribution in [0.5, 0.6) is 0 Å². The SMILES string of the molecule is CCCCCC/C=C/CCCCCCC(C)C(=O)OCC. The Bertz CT molecular complexity index is 258. The van der Waals surface area contributed by atoms with Gasteiger partial charge in [-0.1, -0.05) is 64.5 Å². The van der Waals surface area contributed by atoms with Crippen molar-refractivity contribution >= 4 is 5.97 Å². The van der Waals surface area contributed by atoms with E-state index in [4.69, 9.17) is 4.74 Å². The second-order valence-electron chi connectivity index (χ2n) is 5.97. The van der Waals surface area contributed by atoms with Crippen LogP contribution in [0.4, 0.5) is 0 Å². The zero-order valence-electron chi connectivity index (χ0n) is 14.5. The standard InChI is InChI=1S/C19H36O2/c1-4-6-7-8-9-10-11-12-13-14-15-16-17-18(3)19(20)21-5-2/h10-11,18H,4-9,12-17H2,1-3H3/b11-10+. The van der Waals surface area contributed by atoms with E-state index in [1.807, 2.05) is 13.8 Å². The molecule has 0 rings (SSSR count). The summed E-state index contributed by atoms with van der Waals surface area (Å²) in [5.74, 6) is 0.0245. The Hall–Kier alpha value is -0.790. The number of carbonyl (C=O) groups excluding carboxylic acids is 1. The van der Waals surface area contributed by atoms with Gasteiger partial charge in [0.2, 0.25) is 0 Å². The van der Waals surface area contributed by atoms with Gasteiger partial charge in [0.15, 0.2) is 0 Å². The molecule has 0 fully saturated rings. The van der Waals surface area contributed by atoms with Crippen molar-refractivity contribution in [3.8, 4) is 0 Å². The Morgan fingerprint density at radius 2 is 1.48 bits per heavy atom. The van der Waals surface area contributed by atoms with Crippen molar-refractivity contribution in [3.63, 3.8) is 0 Å². The van der Waals surface area contributed by atoms with E-state index in [9.17, 15) is 4.79 Å². The van der Waals surface area contributed by atoms with E-state index < -0.39 is 0 Å². The molecule has 2 nitrogen and oxygen atoms in total. The van der Waals surface area contributed by atoms with Crippen LogP contribution in [0.1, 0.15) is 91.4 Å². The molecule has 1 atom stereocenters. The van der Waals surface area contributed by atoms with Gasteiger partial charge in [-0.25, -0.2) is 0 Å². The molecule has 0 radical (unpaired) electrons. The lowest BCUT2D eigenvalue weighted by Gasteiger charge is -2.09. The Balaban J connectivity index is 3.28. The highest BCUT2D eigenvalue weighted by Crippen LogP contribution is 2.13. The number of allylic oxidation sites excluding steroid dienone is 2. The first-order chi connectivity index (χ1) is 10.2. The monoisotopic (exact) mass is 296 g/mol. The Kier molecular flexibility index (Phi) is 15.0. The molecular formula is C19H36O2. The van der Waals surface area contributed by atoms with Gasteiger partial charge in [-0.2, -0.15) is 0 Å². The maximum Gasteiger partial charge on any atom is 0.308 e. The molecule has 0 aromatic rings. The summed E-state index contributed by atoms with van der Waals surface area (Å²) in [6.45, 7) is 6.58. The van der Waals surface area contributed by atoms with Gasteiger partial charge < -0.3 is 4.74 Å². The van der Waals surface area contributed by atoms with E-state index in [0.717, 1.165) is 12.8 Å². The third-order valence-electron chi connectivity index (χ3n) is 3.84. The highest BCUT2D eigenvalue weighted by Gasteiger charge is 2.12. The van der Waals surface area contributed by atoms with Crippen molar-refractivity contribution in [2.45, 2.75) is 91.4 Å². The Morgan fingerprint density at radius 3 is 2.05 bits per heavy atom. The van der Waals surface area contributed by atoms with Crippen LogP contribution in [0, 0.1) is 5.92 Å². The summed E-state index contributed by atoms with van der Waals surface area (Å²) in [5.41, 5.74) is 0. The highest BCUT2D eigenvalue weighted by molar-refractivity contribution is 5.71. The van der Waals surface area contributed by atoms with Crippen LogP contribution in [-0.4, -0.2) is 12.6 Å². The van der Waals surface area contributed by atoms with E-state index >= 15 is 0 Å². The zero-order valence-corrected chi connectivity index (χ0v) is 14.5. The average Bonchev–Trinajstić information content (AvgIpc) is 2.48. The Labute approximate surface area is 132 Å². The van der Waals surface area contributed by atoms with Crippen LogP contribution in [0.3, 0.4) is 0 Å². The first-order valence-electron chi connectivity index (χ1n) is 9.04. The molecule has 0 aliphatic heterocycles. The first-order valence-corrected chi connectivity index (χ1v) is 9.04. The van der Waals surface area contributed by atoms with Gasteiger partial charge >= 0.3 is 5.97 Å². The first kappa shape index (κ1) is 20.2. The quantitative estimate of drug-likeness (QED) is 0.221. The van der Waals surface area contributed by atoms with Crippen molar-refractivity contribution in [1.29, 1.82) is 0 Å². The van der Waals surface area contributed by atoms with E-state index in [0.29, 0.717) is 6.61 Å². The molecule has 1 unspecified atom stereocenters. The number of hydrogen-bond acceptors (Lipinski definition) is 2. The van der Waals surface area contributed by atoms with Crippen molar-refractivity contribution in [2.75, 3.05) is 6.61 Å². The lowest BCUT2D eigenvalue weighted by molar-refractivity contribution is -0.147. The number of hydrogen-bond donors (Lipinski definition) is 0. The second kappa shape index (κ2) is 15.6. The normalized spacial score (nSPS) is 12.7. The summed E-state index contributed by atoms with van der Waals surface area (Å²) in [7, 11) is 0. The molecule has 0 saturated carbocycles. The summed E-state index contributed by atoms with van der Waals surface area (Å²) >= 11 is 0. The minimum Gasteiger partial charge on any atom is -0.466 e. The van der Waals surface area contributed by atoms with Crippen LogP contribution < -0.4 is 0 Å². The predicted molar refractivity (Wildman–Crippen MR) is 91.4 cm³/mol. The van der Waals surface area contributed by atoms with Crippen molar-refractivity contribution in [3.05, 3.63) is 12.2 Å². The molecule has 0 saturated heterocycles. The molecular weight excluding hydrogens is 260 g/mol. The molecule has 0 aromatic carbocycles. The third kappa shape index (κ3) is 13.9. The van der Waals surface area contributed by atoms with Gasteiger partial charge in [-0.3, -0.25) is 4.79 Å². The fourth-order valence-corrected chi connectivity index (χ4v) is 2.39. The molecule has 0 heterocycles. The number of carbonyl (C=O) groups is 1. The molecule has 0 aliphatic rings. The molecule has 0 spiro atoms.